The van der Waals surface area contributed by atoms with Gasteiger partial charge in [-0.3, -0.25) is 0 Å². The zero-order valence-corrected chi connectivity index (χ0v) is 16.6. The summed E-state index contributed by atoms with van der Waals surface area (Å²) in [7, 11) is 1.32. The maximum Gasteiger partial charge on any atom is 0.335 e. The van der Waals surface area contributed by atoms with Gasteiger partial charge in [-0.1, -0.05) is 61.6 Å². The molecule has 1 aromatic rings. The summed E-state index contributed by atoms with van der Waals surface area (Å²) < 4.78 is 9.93. The number of carbonyl (C=O) groups is 2. The summed E-state index contributed by atoms with van der Waals surface area (Å²) in [5, 5.41) is 0. The molecule has 1 aromatic carbocycles. The molecule has 0 fully saturated rings. The van der Waals surface area contributed by atoms with Crippen LogP contribution in [0.15, 0.2) is 53.1 Å². The SMILES string of the molecule is COC(=O)C1=C(C(=O)OC)C(c2ccccc2)C=C(C[Si](C)(C)C)C1. The van der Waals surface area contributed by atoms with Gasteiger partial charge in [0.05, 0.1) is 25.4 Å². The molecule has 1 aliphatic rings. The molecular formula is C20H26O4Si. The second-order valence-electron chi connectivity index (χ2n) is 7.50. The Morgan fingerprint density at radius 1 is 1.04 bits per heavy atom. The summed E-state index contributed by atoms with van der Waals surface area (Å²) in [4.78, 5) is 24.8. The van der Waals surface area contributed by atoms with Crippen LogP contribution in [-0.2, 0) is 19.1 Å². The number of allylic oxidation sites excluding steroid dienone is 2. The van der Waals surface area contributed by atoms with Crippen LogP contribution < -0.4 is 0 Å². The molecular weight excluding hydrogens is 332 g/mol. The molecule has 1 aliphatic carbocycles. The molecule has 0 bridgehead atoms. The fourth-order valence-corrected chi connectivity index (χ4v) is 4.88. The van der Waals surface area contributed by atoms with E-state index in [1.54, 1.807) is 0 Å². The zero-order chi connectivity index (χ0) is 18.6. The predicted molar refractivity (Wildman–Crippen MR) is 101 cm³/mol. The van der Waals surface area contributed by atoms with Gasteiger partial charge in [0.15, 0.2) is 0 Å². The first-order valence-corrected chi connectivity index (χ1v) is 12.1. The topological polar surface area (TPSA) is 52.6 Å². The van der Waals surface area contributed by atoms with Crippen molar-refractivity contribution < 1.29 is 19.1 Å². The van der Waals surface area contributed by atoms with Crippen molar-refractivity contribution in [2.45, 2.75) is 38.0 Å². The Bertz CT molecular complexity index is 711. The molecule has 1 atom stereocenters. The lowest BCUT2D eigenvalue weighted by Crippen LogP contribution is -2.26. The highest BCUT2D eigenvalue weighted by Crippen LogP contribution is 2.39. The molecule has 0 heterocycles. The fraction of sp³-hybridized carbons (Fsp3) is 0.400. The summed E-state index contributed by atoms with van der Waals surface area (Å²) in [5.41, 5.74) is 2.97. The van der Waals surface area contributed by atoms with Crippen molar-refractivity contribution in [3.05, 3.63) is 58.7 Å². The van der Waals surface area contributed by atoms with Gasteiger partial charge in [-0.25, -0.2) is 9.59 Å². The van der Waals surface area contributed by atoms with E-state index in [4.69, 9.17) is 9.47 Å². The maximum atomic E-state index is 12.5. The first-order valence-electron chi connectivity index (χ1n) is 8.41. The predicted octanol–water partition coefficient (Wildman–Crippen LogP) is 4.08. The van der Waals surface area contributed by atoms with Gasteiger partial charge in [-0.2, -0.15) is 0 Å². The number of carbonyl (C=O) groups excluding carboxylic acids is 2. The molecule has 0 saturated heterocycles. The van der Waals surface area contributed by atoms with Gasteiger partial charge in [0, 0.05) is 20.4 Å². The normalized spacial score (nSPS) is 17.8. The highest BCUT2D eigenvalue weighted by atomic mass is 28.3. The fourth-order valence-electron chi connectivity index (χ4n) is 3.28. The molecule has 1 unspecified atom stereocenters. The summed E-state index contributed by atoms with van der Waals surface area (Å²) in [6.07, 6.45) is 2.58. The van der Waals surface area contributed by atoms with Gasteiger partial charge in [0.1, 0.15) is 0 Å². The van der Waals surface area contributed by atoms with Crippen LogP contribution >= 0.6 is 0 Å². The van der Waals surface area contributed by atoms with E-state index in [1.165, 1.54) is 19.8 Å². The third-order valence-electron chi connectivity index (χ3n) is 4.20. The first-order chi connectivity index (χ1) is 11.8. The Hall–Kier alpha value is -2.14. The van der Waals surface area contributed by atoms with Gasteiger partial charge in [0.2, 0.25) is 0 Å². The van der Waals surface area contributed by atoms with Crippen LogP contribution in [0.2, 0.25) is 25.7 Å². The van der Waals surface area contributed by atoms with Gasteiger partial charge in [-0.05, 0) is 11.6 Å². The lowest BCUT2D eigenvalue weighted by atomic mass is 9.80. The standard InChI is InChI=1S/C20H26O4Si/c1-23-19(21)17-12-14(13-25(3,4)5)11-16(18(17)20(22)24-2)15-9-7-6-8-10-15/h6-11,16H,12-13H2,1-5H3. The molecule has 0 spiro atoms. The van der Waals surface area contributed by atoms with Crippen molar-refractivity contribution in [3.8, 4) is 0 Å². The van der Waals surface area contributed by atoms with Crippen molar-refractivity contribution in [3.63, 3.8) is 0 Å². The van der Waals surface area contributed by atoms with Gasteiger partial charge >= 0.3 is 11.9 Å². The number of benzene rings is 1. The summed E-state index contributed by atoms with van der Waals surface area (Å²) >= 11 is 0. The number of rotatable bonds is 5. The average Bonchev–Trinajstić information content (AvgIpc) is 2.59. The van der Waals surface area contributed by atoms with Crippen LogP contribution in [0, 0.1) is 0 Å². The Labute approximate surface area is 150 Å². The van der Waals surface area contributed by atoms with Gasteiger partial charge < -0.3 is 9.47 Å². The number of ether oxygens (including phenoxy) is 2. The van der Waals surface area contributed by atoms with Crippen LogP contribution in [0.1, 0.15) is 17.9 Å². The van der Waals surface area contributed by atoms with E-state index in [9.17, 15) is 9.59 Å². The molecule has 0 aromatic heterocycles. The minimum atomic E-state index is -1.37. The molecule has 25 heavy (non-hydrogen) atoms. The number of hydrogen-bond acceptors (Lipinski definition) is 4. The summed E-state index contributed by atoms with van der Waals surface area (Å²) in [6, 6.07) is 10.7. The average molecular weight is 359 g/mol. The van der Waals surface area contributed by atoms with Crippen molar-refractivity contribution in [1.82, 2.24) is 0 Å². The van der Waals surface area contributed by atoms with Crippen LogP contribution in [0.3, 0.4) is 0 Å². The molecule has 4 nitrogen and oxygen atoms in total. The smallest absolute Gasteiger partial charge is 0.335 e. The van der Waals surface area contributed by atoms with E-state index in [2.05, 4.69) is 25.7 Å². The second-order valence-corrected chi connectivity index (χ2v) is 13.0. The van der Waals surface area contributed by atoms with Crippen molar-refractivity contribution in [1.29, 1.82) is 0 Å². The van der Waals surface area contributed by atoms with Crippen LogP contribution in [0.5, 0.6) is 0 Å². The van der Waals surface area contributed by atoms with Crippen molar-refractivity contribution >= 4 is 20.0 Å². The summed E-state index contributed by atoms with van der Waals surface area (Å²) in [6.45, 7) is 6.88. The zero-order valence-electron chi connectivity index (χ0n) is 15.6. The highest BCUT2D eigenvalue weighted by molar-refractivity contribution is 6.76. The monoisotopic (exact) mass is 358 g/mol. The minimum absolute atomic E-state index is 0.289. The van der Waals surface area contributed by atoms with Crippen LogP contribution in [0.25, 0.3) is 0 Å². The molecule has 0 aliphatic heterocycles. The lowest BCUT2D eigenvalue weighted by Gasteiger charge is -2.28. The largest absolute Gasteiger partial charge is 0.466 e. The second kappa shape index (κ2) is 7.83. The van der Waals surface area contributed by atoms with Crippen LogP contribution in [0.4, 0.5) is 0 Å². The van der Waals surface area contributed by atoms with Crippen molar-refractivity contribution in [2.24, 2.45) is 0 Å². The Morgan fingerprint density at radius 3 is 2.16 bits per heavy atom. The minimum Gasteiger partial charge on any atom is -0.466 e. The molecule has 0 amide bonds. The lowest BCUT2D eigenvalue weighted by molar-refractivity contribution is -0.139. The van der Waals surface area contributed by atoms with E-state index in [-0.39, 0.29) is 5.92 Å². The molecule has 134 valence electrons. The Morgan fingerprint density at radius 2 is 1.64 bits per heavy atom. The van der Waals surface area contributed by atoms with E-state index >= 15 is 0 Å². The molecule has 0 N–H and O–H groups in total. The Balaban J connectivity index is 2.59. The number of methoxy groups -OCH3 is 2. The first kappa shape index (κ1) is 19.2. The van der Waals surface area contributed by atoms with E-state index in [1.807, 2.05) is 30.3 Å². The highest BCUT2D eigenvalue weighted by Gasteiger charge is 2.34. The van der Waals surface area contributed by atoms with Crippen molar-refractivity contribution in [2.75, 3.05) is 14.2 Å². The van der Waals surface area contributed by atoms with E-state index in [0.717, 1.165) is 11.6 Å². The van der Waals surface area contributed by atoms with Gasteiger partial charge in [0.25, 0.3) is 0 Å². The molecule has 0 saturated carbocycles. The number of esters is 2. The van der Waals surface area contributed by atoms with E-state index in [0.29, 0.717) is 17.6 Å². The molecule has 5 heteroatoms. The quantitative estimate of drug-likeness (QED) is 0.452. The third kappa shape index (κ3) is 4.69. The molecule has 0 radical (unpaired) electrons. The summed E-state index contributed by atoms with van der Waals surface area (Å²) in [5.74, 6) is -1.22. The molecule has 2 rings (SSSR count). The van der Waals surface area contributed by atoms with Gasteiger partial charge in [-0.15, -0.1) is 0 Å². The third-order valence-corrected chi connectivity index (χ3v) is 5.71. The Kier molecular flexibility index (Phi) is 6.01. The van der Waals surface area contributed by atoms with E-state index < -0.39 is 20.0 Å². The number of hydrogen-bond donors (Lipinski definition) is 0. The maximum absolute atomic E-state index is 12.5. The van der Waals surface area contributed by atoms with Crippen LogP contribution in [-0.4, -0.2) is 34.2 Å².